The smallest absolute Gasteiger partial charge is 0.123 e. The molecule has 110 valence electrons. The summed E-state index contributed by atoms with van der Waals surface area (Å²) >= 11 is 0. The first-order valence-corrected chi connectivity index (χ1v) is 7.90. The second-order valence-corrected chi connectivity index (χ2v) is 7.75. The molecule has 0 unspecified atom stereocenters. The van der Waals surface area contributed by atoms with Gasteiger partial charge in [-0.15, -0.1) is 0 Å². The zero-order valence-electron chi connectivity index (χ0n) is 13.3. The van der Waals surface area contributed by atoms with Crippen molar-refractivity contribution in [2.75, 3.05) is 13.2 Å². The lowest BCUT2D eigenvalue weighted by molar-refractivity contribution is 0.291. The normalized spacial score (nSPS) is 20.6. The van der Waals surface area contributed by atoms with Crippen molar-refractivity contribution in [3.8, 4) is 5.75 Å². The van der Waals surface area contributed by atoms with E-state index < -0.39 is 0 Å². The minimum Gasteiger partial charge on any atom is -0.492 e. The van der Waals surface area contributed by atoms with Gasteiger partial charge >= 0.3 is 0 Å². The highest BCUT2D eigenvalue weighted by atomic mass is 16.5. The Labute approximate surface area is 122 Å². The highest BCUT2D eigenvalue weighted by molar-refractivity contribution is 5.46. The van der Waals surface area contributed by atoms with Gasteiger partial charge in [-0.2, -0.15) is 0 Å². The van der Waals surface area contributed by atoms with E-state index in [1.54, 1.807) is 0 Å². The van der Waals surface area contributed by atoms with E-state index >= 15 is 0 Å². The van der Waals surface area contributed by atoms with E-state index in [0.717, 1.165) is 24.9 Å². The van der Waals surface area contributed by atoms with Gasteiger partial charge in [-0.1, -0.05) is 39.8 Å². The van der Waals surface area contributed by atoms with Gasteiger partial charge in [-0.3, -0.25) is 0 Å². The Morgan fingerprint density at radius 1 is 1.30 bits per heavy atom. The lowest BCUT2D eigenvalue weighted by Gasteiger charge is -2.27. The Kier molecular flexibility index (Phi) is 3.32. The van der Waals surface area contributed by atoms with Crippen LogP contribution in [0.5, 0.6) is 5.75 Å². The average molecular weight is 273 g/mol. The maximum atomic E-state index is 5.79. The number of rotatable bonds is 5. The van der Waals surface area contributed by atoms with Gasteiger partial charge in [0.05, 0.1) is 6.61 Å². The zero-order valence-corrected chi connectivity index (χ0v) is 13.3. The fourth-order valence-electron chi connectivity index (χ4n) is 2.96. The summed E-state index contributed by atoms with van der Waals surface area (Å²) in [6.45, 7) is 11.2. The SMILES string of the molecule is CC(C)(CCNC1CC1)c1ccc2c(c1)C(C)(C)CO2. The molecule has 1 aliphatic heterocycles. The number of hydrogen-bond donors (Lipinski definition) is 1. The molecule has 0 saturated heterocycles. The molecule has 0 radical (unpaired) electrons. The van der Waals surface area contributed by atoms with Crippen LogP contribution in [-0.2, 0) is 10.8 Å². The van der Waals surface area contributed by atoms with Gasteiger partial charge < -0.3 is 10.1 Å². The highest BCUT2D eigenvalue weighted by Gasteiger charge is 2.33. The van der Waals surface area contributed by atoms with Gasteiger partial charge in [0.2, 0.25) is 0 Å². The summed E-state index contributed by atoms with van der Waals surface area (Å²) in [5.74, 6) is 1.07. The van der Waals surface area contributed by atoms with Gasteiger partial charge in [0, 0.05) is 17.0 Å². The van der Waals surface area contributed by atoms with Crippen LogP contribution in [-0.4, -0.2) is 19.2 Å². The van der Waals surface area contributed by atoms with Crippen molar-refractivity contribution in [1.29, 1.82) is 0 Å². The van der Waals surface area contributed by atoms with E-state index in [4.69, 9.17) is 4.74 Å². The Bertz CT molecular complexity index is 500. The van der Waals surface area contributed by atoms with E-state index in [2.05, 4.69) is 51.2 Å². The van der Waals surface area contributed by atoms with Crippen LogP contribution in [0.1, 0.15) is 58.1 Å². The lowest BCUT2D eigenvalue weighted by atomic mass is 9.78. The van der Waals surface area contributed by atoms with Crippen LogP contribution in [0, 0.1) is 0 Å². The van der Waals surface area contributed by atoms with Gasteiger partial charge in [0.1, 0.15) is 5.75 Å². The van der Waals surface area contributed by atoms with Gasteiger partial charge in [0.15, 0.2) is 0 Å². The molecule has 1 aromatic rings. The standard InChI is InChI=1S/C18H27NO/c1-17(2,9-10-19-14-6-7-14)13-5-8-16-15(11-13)18(3,4)12-20-16/h5,8,11,14,19H,6-7,9-10,12H2,1-4H3. The predicted octanol–water partition coefficient (Wildman–Crippen LogP) is 3.78. The third kappa shape index (κ3) is 2.71. The molecule has 1 fully saturated rings. The molecule has 3 rings (SSSR count). The van der Waals surface area contributed by atoms with Crippen molar-refractivity contribution < 1.29 is 4.74 Å². The second-order valence-electron chi connectivity index (χ2n) is 7.75. The fraction of sp³-hybridized carbons (Fsp3) is 0.667. The van der Waals surface area contributed by atoms with Crippen molar-refractivity contribution in [3.05, 3.63) is 29.3 Å². The molecule has 2 nitrogen and oxygen atoms in total. The number of benzene rings is 1. The number of fused-ring (bicyclic) bond motifs is 1. The van der Waals surface area contributed by atoms with Gasteiger partial charge in [0.25, 0.3) is 0 Å². The van der Waals surface area contributed by atoms with E-state index in [-0.39, 0.29) is 10.8 Å². The van der Waals surface area contributed by atoms with Crippen LogP contribution in [0.2, 0.25) is 0 Å². The summed E-state index contributed by atoms with van der Waals surface area (Å²) in [5, 5.41) is 3.63. The Morgan fingerprint density at radius 2 is 2.05 bits per heavy atom. The first-order valence-electron chi connectivity index (χ1n) is 7.90. The summed E-state index contributed by atoms with van der Waals surface area (Å²) in [6, 6.07) is 7.59. The molecule has 1 heterocycles. The minimum atomic E-state index is 0.147. The van der Waals surface area contributed by atoms with Gasteiger partial charge in [-0.05, 0) is 42.9 Å². The molecule has 1 aromatic carbocycles. The zero-order chi connectivity index (χ0) is 14.4. The minimum absolute atomic E-state index is 0.147. The largest absolute Gasteiger partial charge is 0.492 e. The quantitative estimate of drug-likeness (QED) is 0.881. The molecule has 1 aliphatic carbocycles. The van der Waals surface area contributed by atoms with Crippen molar-refractivity contribution in [3.63, 3.8) is 0 Å². The van der Waals surface area contributed by atoms with Crippen molar-refractivity contribution in [2.24, 2.45) is 0 Å². The molecule has 0 spiro atoms. The number of nitrogens with one attached hydrogen (secondary N) is 1. The maximum absolute atomic E-state index is 5.79. The van der Waals surface area contributed by atoms with Gasteiger partial charge in [-0.25, -0.2) is 0 Å². The molecule has 1 N–H and O–H groups in total. The van der Waals surface area contributed by atoms with Crippen LogP contribution in [0.25, 0.3) is 0 Å². The Balaban J connectivity index is 1.75. The topological polar surface area (TPSA) is 21.3 Å². The predicted molar refractivity (Wildman–Crippen MR) is 83.6 cm³/mol. The van der Waals surface area contributed by atoms with E-state index in [1.807, 2.05) is 0 Å². The Hall–Kier alpha value is -1.02. The Morgan fingerprint density at radius 3 is 2.75 bits per heavy atom. The van der Waals surface area contributed by atoms with Crippen LogP contribution < -0.4 is 10.1 Å². The van der Waals surface area contributed by atoms with Crippen LogP contribution in [0.3, 0.4) is 0 Å². The van der Waals surface area contributed by atoms with Crippen LogP contribution in [0.4, 0.5) is 0 Å². The van der Waals surface area contributed by atoms with Crippen molar-refractivity contribution in [2.45, 2.75) is 63.8 Å². The molecule has 20 heavy (non-hydrogen) atoms. The maximum Gasteiger partial charge on any atom is 0.123 e. The molecular weight excluding hydrogens is 246 g/mol. The van der Waals surface area contributed by atoms with Crippen LogP contribution in [0.15, 0.2) is 18.2 Å². The monoisotopic (exact) mass is 273 g/mol. The summed E-state index contributed by atoms with van der Waals surface area (Å²) in [5.41, 5.74) is 3.18. The van der Waals surface area contributed by atoms with Crippen molar-refractivity contribution in [1.82, 2.24) is 5.32 Å². The number of ether oxygens (including phenoxy) is 1. The first kappa shape index (κ1) is 13.9. The molecule has 0 amide bonds. The summed E-state index contributed by atoms with van der Waals surface area (Å²) in [7, 11) is 0. The van der Waals surface area contributed by atoms with E-state index in [1.165, 1.54) is 30.4 Å². The summed E-state index contributed by atoms with van der Waals surface area (Å²) in [4.78, 5) is 0. The van der Waals surface area contributed by atoms with Crippen LogP contribution >= 0.6 is 0 Å². The molecule has 1 saturated carbocycles. The first-order chi connectivity index (χ1) is 9.38. The summed E-state index contributed by atoms with van der Waals surface area (Å²) < 4.78 is 5.79. The molecule has 0 aromatic heterocycles. The lowest BCUT2D eigenvalue weighted by Crippen LogP contribution is -2.27. The molecule has 2 heteroatoms. The second kappa shape index (κ2) is 4.77. The number of hydrogen-bond acceptors (Lipinski definition) is 2. The van der Waals surface area contributed by atoms with E-state index in [0.29, 0.717) is 0 Å². The molecule has 0 bridgehead atoms. The van der Waals surface area contributed by atoms with E-state index in [9.17, 15) is 0 Å². The highest BCUT2D eigenvalue weighted by Crippen LogP contribution is 2.41. The molecule has 2 aliphatic rings. The average Bonchev–Trinajstić information content (AvgIpc) is 3.15. The fourth-order valence-corrected chi connectivity index (χ4v) is 2.96. The third-order valence-corrected chi connectivity index (χ3v) is 4.84. The van der Waals surface area contributed by atoms with Crippen molar-refractivity contribution >= 4 is 0 Å². The molecular formula is C18H27NO. The summed E-state index contributed by atoms with van der Waals surface area (Å²) in [6.07, 6.45) is 3.92. The third-order valence-electron chi connectivity index (χ3n) is 4.84. The molecule has 0 atom stereocenters.